The summed E-state index contributed by atoms with van der Waals surface area (Å²) < 4.78 is 3.06. The molecule has 0 saturated heterocycles. The second-order valence-electron chi connectivity index (χ2n) is 4.35. The van der Waals surface area contributed by atoms with Crippen molar-refractivity contribution in [2.45, 2.75) is 51.7 Å². The number of aliphatic hydroxyl groups excluding tert-OH is 1. The van der Waals surface area contributed by atoms with Gasteiger partial charge in [-0.15, -0.1) is 0 Å². The van der Waals surface area contributed by atoms with Crippen LogP contribution in [0.25, 0.3) is 0 Å². The lowest BCUT2D eigenvalue weighted by Crippen LogP contribution is -2.29. The van der Waals surface area contributed by atoms with Gasteiger partial charge in [-0.3, -0.25) is 4.68 Å². The van der Waals surface area contributed by atoms with Crippen molar-refractivity contribution in [3.05, 3.63) is 15.9 Å². The second kappa shape index (κ2) is 4.26. The zero-order valence-corrected chi connectivity index (χ0v) is 10.8. The van der Waals surface area contributed by atoms with Crippen LogP contribution in [-0.4, -0.2) is 21.0 Å². The third-order valence-corrected chi connectivity index (χ3v) is 4.39. The molecule has 1 aromatic heterocycles. The van der Waals surface area contributed by atoms with E-state index in [9.17, 15) is 5.11 Å². The Labute approximate surface area is 98.6 Å². The van der Waals surface area contributed by atoms with Crippen LogP contribution in [0.15, 0.2) is 4.47 Å². The monoisotopic (exact) mass is 272 g/mol. The zero-order chi connectivity index (χ0) is 11.0. The first-order valence-corrected chi connectivity index (χ1v) is 6.30. The van der Waals surface area contributed by atoms with Gasteiger partial charge in [0.2, 0.25) is 0 Å². The molecule has 1 saturated carbocycles. The van der Waals surface area contributed by atoms with Crippen molar-refractivity contribution in [2.75, 3.05) is 0 Å². The number of nitrogens with zero attached hydrogens (tertiary/aromatic N) is 2. The molecule has 0 unspecified atom stereocenters. The minimum Gasteiger partial charge on any atom is -0.391 e. The number of rotatable bonds is 1. The highest BCUT2D eigenvalue weighted by Crippen LogP contribution is 2.31. The fraction of sp³-hybridized carbons (Fsp3) is 0.727. The molecule has 2 atom stereocenters. The van der Waals surface area contributed by atoms with Gasteiger partial charge in [0.25, 0.3) is 0 Å². The third-order valence-electron chi connectivity index (χ3n) is 3.24. The standard InChI is InChI=1S/C11H17BrN2O/c1-7-11(12)8(2)14(13-7)9-5-3-4-6-10(9)15/h9-10,15H,3-6H2,1-2H3/t9-,10-/m0/s1. The Kier molecular flexibility index (Phi) is 3.16. The molecule has 2 rings (SSSR count). The normalized spacial score (nSPS) is 26.9. The lowest BCUT2D eigenvalue weighted by Gasteiger charge is -2.28. The maximum Gasteiger partial charge on any atom is 0.0781 e. The van der Waals surface area contributed by atoms with E-state index in [2.05, 4.69) is 21.0 Å². The molecule has 4 heteroatoms. The second-order valence-corrected chi connectivity index (χ2v) is 5.14. The van der Waals surface area contributed by atoms with Crippen molar-refractivity contribution in [1.82, 2.24) is 9.78 Å². The summed E-state index contributed by atoms with van der Waals surface area (Å²) in [6.07, 6.45) is 4.04. The lowest BCUT2D eigenvalue weighted by molar-refractivity contribution is 0.0682. The summed E-state index contributed by atoms with van der Waals surface area (Å²) in [6, 6.07) is 0.170. The van der Waals surface area contributed by atoms with Crippen molar-refractivity contribution < 1.29 is 5.11 Å². The molecule has 84 valence electrons. The fourth-order valence-electron chi connectivity index (χ4n) is 2.34. The molecule has 1 aliphatic rings. The Hall–Kier alpha value is -0.350. The van der Waals surface area contributed by atoms with Crippen LogP contribution >= 0.6 is 15.9 Å². The van der Waals surface area contributed by atoms with Gasteiger partial charge >= 0.3 is 0 Å². The van der Waals surface area contributed by atoms with E-state index in [1.807, 2.05) is 18.5 Å². The average molecular weight is 273 g/mol. The maximum absolute atomic E-state index is 9.97. The van der Waals surface area contributed by atoms with Gasteiger partial charge in [0, 0.05) is 0 Å². The van der Waals surface area contributed by atoms with Gasteiger partial charge < -0.3 is 5.11 Å². The number of halogens is 1. The Morgan fingerprint density at radius 1 is 1.33 bits per heavy atom. The largest absolute Gasteiger partial charge is 0.391 e. The van der Waals surface area contributed by atoms with E-state index >= 15 is 0 Å². The van der Waals surface area contributed by atoms with Crippen molar-refractivity contribution in [3.63, 3.8) is 0 Å². The van der Waals surface area contributed by atoms with E-state index in [1.165, 1.54) is 6.42 Å². The molecule has 15 heavy (non-hydrogen) atoms. The molecule has 0 aliphatic heterocycles. The van der Waals surface area contributed by atoms with Gasteiger partial charge in [-0.05, 0) is 42.6 Å². The summed E-state index contributed by atoms with van der Waals surface area (Å²) in [4.78, 5) is 0. The Morgan fingerprint density at radius 3 is 2.53 bits per heavy atom. The zero-order valence-electron chi connectivity index (χ0n) is 9.20. The van der Waals surface area contributed by atoms with Crippen LogP contribution in [-0.2, 0) is 0 Å². The summed E-state index contributed by atoms with van der Waals surface area (Å²) >= 11 is 3.52. The molecule has 0 radical (unpaired) electrons. The number of aryl methyl sites for hydroxylation is 1. The first-order chi connectivity index (χ1) is 7.11. The molecular formula is C11H17BrN2O. The van der Waals surface area contributed by atoms with E-state index in [1.54, 1.807) is 0 Å². The predicted molar refractivity (Wildman–Crippen MR) is 62.9 cm³/mol. The number of hydrogen-bond acceptors (Lipinski definition) is 2. The molecule has 1 aliphatic carbocycles. The highest BCUT2D eigenvalue weighted by Gasteiger charge is 2.27. The van der Waals surface area contributed by atoms with Crippen molar-refractivity contribution in [3.8, 4) is 0 Å². The quantitative estimate of drug-likeness (QED) is 0.854. The summed E-state index contributed by atoms with van der Waals surface area (Å²) in [5.41, 5.74) is 2.13. The van der Waals surface area contributed by atoms with Gasteiger partial charge in [-0.1, -0.05) is 12.8 Å². The molecule has 0 aromatic carbocycles. The van der Waals surface area contributed by atoms with E-state index < -0.39 is 0 Å². The van der Waals surface area contributed by atoms with E-state index in [0.717, 1.165) is 35.1 Å². The number of aromatic nitrogens is 2. The smallest absolute Gasteiger partial charge is 0.0781 e. The van der Waals surface area contributed by atoms with Crippen LogP contribution in [0.5, 0.6) is 0 Å². The molecule has 0 bridgehead atoms. The molecule has 1 fully saturated rings. The molecular weight excluding hydrogens is 256 g/mol. The minimum absolute atomic E-state index is 0.170. The van der Waals surface area contributed by atoms with Crippen LogP contribution in [0.2, 0.25) is 0 Å². The van der Waals surface area contributed by atoms with Crippen molar-refractivity contribution >= 4 is 15.9 Å². The fourth-order valence-corrected chi connectivity index (χ4v) is 2.60. The Balaban J connectivity index is 2.31. The van der Waals surface area contributed by atoms with Crippen LogP contribution < -0.4 is 0 Å². The number of hydrogen-bond donors (Lipinski definition) is 1. The third kappa shape index (κ3) is 1.97. The first kappa shape index (κ1) is 11.1. The summed E-state index contributed by atoms with van der Waals surface area (Å²) in [7, 11) is 0. The topological polar surface area (TPSA) is 38.0 Å². The van der Waals surface area contributed by atoms with Crippen molar-refractivity contribution in [1.29, 1.82) is 0 Å². The maximum atomic E-state index is 9.97. The van der Waals surface area contributed by atoms with Crippen LogP contribution in [0.3, 0.4) is 0 Å². The summed E-state index contributed by atoms with van der Waals surface area (Å²) in [5.74, 6) is 0. The molecule has 1 aromatic rings. The van der Waals surface area contributed by atoms with Crippen LogP contribution in [0.1, 0.15) is 43.1 Å². The van der Waals surface area contributed by atoms with Gasteiger partial charge in [-0.25, -0.2) is 0 Å². The Bertz CT molecular complexity index is 362. The predicted octanol–water partition coefficient (Wildman–Crippen LogP) is 2.74. The molecule has 0 amide bonds. The van der Waals surface area contributed by atoms with E-state index in [-0.39, 0.29) is 12.1 Å². The molecule has 0 spiro atoms. The highest BCUT2D eigenvalue weighted by atomic mass is 79.9. The van der Waals surface area contributed by atoms with Gasteiger partial charge in [0.1, 0.15) is 0 Å². The lowest BCUT2D eigenvalue weighted by atomic mass is 9.92. The first-order valence-electron chi connectivity index (χ1n) is 5.50. The summed E-state index contributed by atoms with van der Waals surface area (Å²) in [6.45, 7) is 4.04. The minimum atomic E-state index is -0.233. The van der Waals surface area contributed by atoms with E-state index in [0.29, 0.717) is 0 Å². The molecule has 1 heterocycles. The van der Waals surface area contributed by atoms with Gasteiger partial charge in [-0.2, -0.15) is 5.10 Å². The van der Waals surface area contributed by atoms with Crippen LogP contribution in [0.4, 0.5) is 0 Å². The van der Waals surface area contributed by atoms with Crippen LogP contribution in [0, 0.1) is 13.8 Å². The van der Waals surface area contributed by atoms with Crippen molar-refractivity contribution in [2.24, 2.45) is 0 Å². The van der Waals surface area contributed by atoms with Gasteiger partial charge in [0.05, 0.1) is 28.0 Å². The van der Waals surface area contributed by atoms with Gasteiger partial charge in [0.15, 0.2) is 0 Å². The highest BCUT2D eigenvalue weighted by molar-refractivity contribution is 9.10. The van der Waals surface area contributed by atoms with E-state index in [4.69, 9.17) is 0 Å². The number of aliphatic hydroxyl groups is 1. The average Bonchev–Trinajstić information content (AvgIpc) is 2.47. The summed E-state index contributed by atoms with van der Waals surface area (Å²) in [5, 5.41) is 14.5. The molecule has 3 nitrogen and oxygen atoms in total. The SMILES string of the molecule is Cc1nn([C@H]2CCCC[C@@H]2O)c(C)c1Br. The molecule has 1 N–H and O–H groups in total. The Morgan fingerprint density at radius 2 is 2.00 bits per heavy atom.